The molecule has 5 heteroatoms. The SMILES string of the molecule is NS(=O)(=O)c1cc[c]cc1F. The second kappa shape index (κ2) is 2.60. The fourth-order valence-corrected chi connectivity index (χ4v) is 1.22. The lowest BCUT2D eigenvalue weighted by Gasteiger charge is -1.96. The summed E-state index contributed by atoms with van der Waals surface area (Å²) in [5.41, 5.74) is 0. The molecule has 0 amide bonds. The van der Waals surface area contributed by atoms with Crippen LogP contribution >= 0.6 is 0 Å². The molecule has 0 unspecified atom stereocenters. The fourth-order valence-electron chi connectivity index (χ4n) is 0.627. The molecule has 0 aliphatic carbocycles. The molecule has 0 aliphatic rings. The predicted octanol–water partition coefficient (Wildman–Crippen LogP) is 0.273. The maximum absolute atomic E-state index is 12.6. The third-order valence-corrected chi connectivity index (χ3v) is 2.03. The summed E-state index contributed by atoms with van der Waals surface area (Å²) >= 11 is 0. The highest BCUT2D eigenvalue weighted by atomic mass is 32.2. The van der Waals surface area contributed by atoms with Crippen LogP contribution in [0.3, 0.4) is 0 Å². The lowest BCUT2D eigenvalue weighted by Crippen LogP contribution is -2.13. The van der Waals surface area contributed by atoms with Gasteiger partial charge < -0.3 is 0 Å². The number of hydrogen-bond acceptors (Lipinski definition) is 2. The van der Waals surface area contributed by atoms with Crippen molar-refractivity contribution < 1.29 is 12.8 Å². The Bertz CT molecular complexity index is 361. The first-order valence-electron chi connectivity index (χ1n) is 2.70. The Morgan fingerprint density at radius 1 is 1.55 bits per heavy atom. The summed E-state index contributed by atoms with van der Waals surface area (Å²) in [6, 6.07) is 5.64. The third-order valence-electron chi connectivity index (χ3n) is 1.08. The first kappa shape index (κ1) is 8.16. The van der Waals surface area contributed by atoms with Crippen LogP contribution in [-0.2, 0) is 10.0 Å². The third kappa shape index (κ3) is 1.75. The van der Waals surface area contributed by atoms with E-state index in [9.17, 15) is 12.8 Å². The Morgan fingerprint density at radius 3 is 2.55 bits per heavy atom. The Hall–Kier alpha value is -0.940. The minimum Gasteiger partial charge on any atom is -0.225 e. The molecule has 0 heterocycles. The van der Waals surface area contributed by atoms with E-state index in [0.29, 0.717) is 0 Å². The van der Waals surface area contributed by atoms with Crippen molar-refractivity contribution in [1.82, 2.24) is 0 Å². The number of hydrogen-bond donors (Lipinski definition) is 1. The van der Waals surface area contributed by atoms with Crippen molar-refractivity contribution in [1.29, 1.82) is 0 Å². The Kier molecular flexibility index (Phi) is 1.92. The van der Waals surface area contributed by atoms with Crippen LogP contribution in [0.4, 0.5) is 4.39 Å². The van der Waals surface area contributed by atoms with Gasteiger partial charge in [-0.15, -0.1) is 0 Å². The molecule has 0 saturated carbocycles. The van der Waals surface area contributed by atoms with Crippen LogP contribution in [0.2, 0.25) is 0 Å². The van der Waals surface area contributed by atoms with Crippen molar-refractivity contribution in [3.8, 4) is 0 Å². The van der Waals surface area contributed by atoms with E-state index in [-0.39, 0.29) is 0 Å². The summed E-state index contributed by atoms with van der Waals surface area (Å²) in [4.78, 5) is -0.503. The van der Waals surface area contributed by atoms with E-state index in [1.807, 2.05) is 0 Å². The van der Waals surface area contributed by atoms with E-state index >= 15 is 0 Å². The lowest BCUT2D eigenvalue weighted by molar-refractivity contribution is 0.568. The van der Waals surface area contributed by atoms with E-state index in [1.165, 1.54) is 6.07 Å². The van der Waals surface area contributed by atoms with Gasteiger partial charge in [0.05, 0.1) is 0 Å². The van der Waals surface area contributed by atoms with E-state index in [4.69, 9.17) is 0 Å². The number of halogens is 1. The van der Waals surface area contributed by atoms with Crippen molar-refractivity contribution >= 4 is 10.0 Å². The average molecular weight is 174 g/mol. The van der Waals surface area contributed by atoms with Gasteiger partial charge in [-0.25, -0.2) is 17.9 Å². The van der Waals surface area contributed by atoms with Gasteiger partial charge in [-0.2, -0.15) is 0 Å². The summed E-state index contributed by atoms with van der Waals surface area (Å²) < 4.78 is 33.8. The average Bonchev–Trinajstić information content (AvgIpc) is 1.86. The summed E-state index contributed by atoms with van der Waals surface area (Å²) in [6.45, 7) is 0. The van der Waals surface area contributed by atoms with Gasteiger partial charge in [-0.1, -0.05) is 6.07 Å². The highest BCUT2D eigenvalue weighted by Gasteiger charge is 2.11. The molecule has 1 radical (unpaired) electrons. The van der Waals surface area contributed by atoms with Crippen molar-refractivity contribution in [3.63, 3.8) is 0 Å². The molecule has 0 spiro atoms. The van der Waals surface area contributed by atoms with Crippen molar-refractivity contribution in [2.24, 2.45) is 5.14 Å². The molecule has 1 rings (SSSR count). The zero-order valence-corrected chi connectivity index (χ0v) is 6.23. The molecule has 0 aromatic heterocycles. The number of benzene rings is 1. The molecule has 11 heavy (non-hydrogen) atoms. The summed E-state index contributed by atoms with van der Waals surface area (Å²) in [7, 11) is -3.93. The highest BCUT2D eigenvalue weighted by molar-refractivity contribution is 7.89. The van der Waals surface area contributed by atoms with Gasteiger partial charge in [0.25, 0.3) is 0 Å². The molecule has 0 bridgehead atoms. The largest absolute Gasteiger partial charge is 0.240 e. The van der Waals surface area contributed by atoms with E-state index in [0.717, 1.165) is 12.1 Å². The number of nitrogens with two attached hydrogens (primary N) is 1. The van der Waals surface area contributed by atoms with Gasteiger partial charge in [0.2, 0.25) is 10.0 Å². The molecule has 59 valence electrons. The zero-order valence-electron chi connectivity index (χ0n) is 5.41. The van der Waals surface area contributed by atoms with Gasteiger partial charge in [0.15, 0.2) is 0 Å². The fraction of sp³-hybridized carbons (Fsp3) is 0. The van der Waals surface area contributed by atoms with Crippen molar-refractivity contribution in [2.45, 2.75) is 4.90 Å². The highest BCUT2D eigenvalue weighted by Crippen LogP contribution is 2.09. The quantitative estimate of drug-likeness (QED) is 0.664. The van der Waals surface area contributed by atoms with Crippen LogP contribution in [0.5, 0.6) is 0 Å². The van der Waals surface area contributed by atoms with Gasteiger partial charge in [0, 0.05) is 0 Å². The molecule has 3 nitrogen and oxygen atoms in total. The predicted molar refractivity (Wildman–Crippen MR) is 36.6 cm³/mol. The summed E-state index contributed by atoms with van der Waals surface area (Å²) in [5.74, 6) is -0.880. The van der Waals surface area contributed by atoms with E-state index in [2.05, 4.69) is 11.2 Å². The molecule has 0 aliphatic heterocycles. The van der Waals surface area contributed by atoms with Crippen molar-refractivity contribution in [3.05, 3.63) is 30.1 Å². The molecular weight excluding hydrogens is 169 g/mol. The van der Waals surface area contributed by atoms with E-state index in [1.54, 1.807) is 0 Å². The Balaban J connectivity index is 3.37. The minimum atomic E-state index is -3.93. The van der Waals surface area contributed by atoms with Crippen LogP contribution in [-0.4, -0.2) is 8.42 Å². The lowest BCUT2D eigenvalue weighted by atomic mass is 10.4. The second-order valence-corrected chi connectivity index (χ2v) is 3.43. The molecular formula is C6H5FNO2S. The normalized spacial score (nSPS) is 11.5. The topological polar surface area (TPSA) is 60.2 Å². The minimum absolute atomic E-state index is 0.503. The molecule has 2 N–H and O–H groups in total. The van der Waals surface area contributed by atoms with Gasteiger partial charge >= 0.3 is 0 Å². The Morgan fingerprint density at radius 2 is 2.18 bits per heavy atom. The van der Waals surface area contributed by atoms with Crippen LogP contribution in [0.1, 0.15) is 0 Å². The Labute approximate surface area is 63.7 Å². The van der Waals surface area contributed by atoms with Gasteiger partial charge in [-0.05, 0) is 18.2 Å². The molecule has 0 fully saturated rings. The number of primary sulfonamides is 1. The summed E-state index contributed by atoms with van der Waals surface area (Å²) in [6.07, 6.45) is 0. The van der Waals surface area contributed by atoms with Gasteiger partial charge in [0.1, 0.15) is 10.7 Å². The second-order valence-electron chi connectivity index (χ2n) is 1.90. The van der Waals surface area contributed by atoms with Crippen LogP contribution in [0.25, 0.3) is 0 Å². The summed E-state index contributed by atoms with van der Waals surface area (Å²) in [5, 5.41) is 4.68. The van der Waals surface area contributed by atoms with Crippen LogP contribution < -0.4 is 5.14 Å². The molecule has 0 saturated heterocycles. The van der Waals surface area contributed by atoms with Gasteiger partial charge in [-0.3, -0.25) is 0 Å². The smallest absolute Gasteiger partial charge is 0.225 e. The van der Waals surface area contributed by atoms with Crippen LogP contribution in [0, 0.1) is 11.9 Å². The first-order valence-corrected chi connectivity index (χ1v) is 4.25. The van der Waals surface area contributed by atoms with Crippen molar-refractivity contribution in [2.75, 3.05) is 0 Å². The molecule has 1 aromatic rings. The zero-order chi connectivity index (χ0) is 8.48. The first-order chi connectivity index (χ1) is 5.02. The number of sulfonamides is 1. The monoisotopic (exact) mass is 174 g/mol. The molecule has 1 aromatic carbocycles. The maximum atomic E-state index is 12.6. The van der Waals surface area contributed by atoms with Crippen LogP contribution in [0.15, 0.2) is 23.1 Å². The van der Waals surface area contributed by atoms with E-state index < -0.39 is 20.7 Å². The molecule has 0 atom stereocenters. The maximum Gasteiger partial charge on any atom is 0.240 e. The standard InChI is InChI=1S/C6H5FNO2S/c7-5-3-1-2-4-6(5)11(8,9)10/h2-4H,(H2,8,9,10). The number of rotatable bonds is 1.